The van der Waals surface area contributed by atoms with E-state index in [2.05, 4.69) is 0 Å². The highest BCUT2D eigenvalue weighted by atomic mass is 16.1. The third-order valence-corrected chi connectivity index (χ3v) is 4.47. The minimum Gasteiger partial charge on any atom is -0.303 e. The van der Waals surface area contributed by atoms with Crippen LogP contribution < -0.4 is 0 Å². The van der Waals surface area contributed by atoms with Crippen molar-refractivity contribution in [3.8, 4) is 0 Å². The van der Waals surface area contributed by atoms with Crippen LogP contribution in [0.15, 0.2) is 0 Å². The third kappa shape index (κ3) is 1.23. The molecule has 3 fully saturated rings. The lowest BCUT2D eigenvalue weighted by molar-refractivity contribution is -0.142. The first-order valence-corrected chi connectivity index (χ1v) is 5.66. The average molecular weight is 194 g/mol. The van der Waals surface area contributed by atoms with Gasteiger partial charge in [-0.1, -0.05) is 6.92 Å². The molecule has 3 saturated carbocycles. The van der Waals surface area contributed by atoms with E-state index in [1.165, 1.54) is 0 Å². The van der Waals surface area contributed by atoms with Crippen LogP contribution >= 0.6 is 0 Å². The van der Waals surface area contributed by atoms with Gasteiger partial charge >= 0.3 is 0 Å². The molecular weight excluding hydrogens is 176 g/mol. The molecule has 0 saturated heterocycles. The molecule has 2 heteroatoms. The van der Waals surface area contributed by atoms with Crippen molar-refractivity contribution in [3.63, 3.8) is 0 Å². The molecule has 3 aliphatic carbocycles. The van der Waals surface area contributed by atoms with Gasteiger partial charge in [0.05, 0.1) is 0 Å². The number of ketones is 1. The Labute approximate surface area is 85.1 Å². The molecule has 0 spiro atoms. The average Bonchev–Trinajstić information content (AvgIpc) is 2.30. The first kappa shape index (κ1) is 9.88. The fourth-order valence-electron chi connectivity index (χ4n) is 3.18. The maximum atomic E-state index is 11.8. The predicted octanol–water partition coefficient (Wildman–Crippen LogP) is 2.51. The van der Waals surface area contributed by atoms with Crippen LogP contribution in [0, 0.1) is 10.8 Å². The summed E-state index contributed by atoms with van der Waals surface area (Å²) in [7, 11) is 0. The first-order valence-electron chi connectivity index (χ1n) is 5.66. The van der Waals surface area contributed by atoms with E-state index in [-0.39, 0.29) is 10.8 Å². The van der Waals surface area contributed by atoms with Gasteiger partial charge in [-0.2, -0.15) is 0 Å². The lowest BCUT2D eigenvalue weighted by atomic mass is 9.53. The highest BCUT2D eigenvalue weighted by Crippen LogP contribution is 2.56. The molecule has 14 heavy (non-hydrogen) atoms. The van der Waals surface area contributed by atoms with E-state index < -0.39 is 0 Å². The van der Waals surface area contributed by atoms with E-state index in [1.807, 2.05) is 6.92 Å². The molecule has 0 atom stereocenters. The Morgan fingerprint density at radius 2 is 1.64 bits per heavy atom. The molecule has 0 aromatic rings. The molecule has 0 amide bonds. The van der Waals surface area contributed by atoms with Crippen LogP contribution in [0.1, 0.15) is 51.9 Å². The zero-order valence-corrected chi connectivity index (χ0v) is 8.84. The van der Waals surface area contributed by atoms with E-state index in [0.29, 0.717) is 12.2 Å². The van der Waals surface area contributed by atoms with Crippen molar-refractivity contribution in [3.05, 3.63) is 0 Å². The number of Topliss-reactive ketones (excluding diaryl/α,β-unsaturated/α-hetero) is 1. The van der Waals surface area contributed by atoms with Gasteiger partial charge in [0, 0.05) is 17.3 Å². The topological polar surface area (TPSA) is 34.1 Å². The van der Waals surface area contributed by atoms with Crippen LogP contribution in [-0.4, -0.2) is 12.1 Å². The van der Waals surface area contributed by atoms with Crippen LogP contribution in [0.3, 0.4) is 0 Å². The number of rotatable bonds is 3. The molecule has 2 bridgehead atoms. The SMILES string of the molecule is CCC(=O)C12CCC(C=O)(CC1)CC2. The van der Waals surface area contributed by atoms with Crippen molar-refractivity contribution < 1.29 is 9.59 Å². The molecule has 0 aromatic heterocycles. The molecule has 0 heterocycles. The van der Waals surface area contributed by atoms with Gasteiger partial charge < -0.3 is 4.79 Å². The second kappa shape index (κ2) is 3.18. The number of hydrogen-bond donors (Lipinski definition) is 0. The van der Waals surface area contributed by atoms with Gasteiger partial charge in [0.1, 0.15) is 12.1 Å². The molecule has 0 aliphatic heterocycles. The number of hydrogen-bond acceptors (Lipinski definition) is 2. The van der Waals surface area contributed by atoms with Crippen molar-refractivity contribution in [2.24, 2.45) is 10.8 Å². The summed E-state index contributed by atoms with van der Waals surface area (Å²) < 4.78 is 0. The summed E-state index contributed by atoms with van der Waals surface area (Å²) >= 11 is 0. The van der Waals surface area contributed by atoms with Crippen molar-refractivity contribution in [1.29, 1.82) is 0 Å². The van der Waals surface area contributed by atoms with Gasteiger partial charge in [0.25, 0.3) is 0 Å². The maximum absolute atomic E-state index is 11.8. The van der Waals surface area contributed by atoms with Gasteiger partial charge in [-0.15, -0.1) is 0 Å². The van der Waals surface area contributed by atoms with E-state index >= 15 is 0 Å². The summed E-state index contributed by atoms with van der Waals surface area (Å²) in [5.41, 5.74) is -0.0741. The highest BCUT2D eigenvalue weighted by molar-refractivity contribution is 5.85. The summed E-state index contributed by atoms with van der Waals surface area (Å²) in [6.07, 6.45) is 7.52. The molecule has 78 valence electrons. The lowest BCUT2D eigenvalue weighted by Crippen LogP contribution is -2.46. The molecule has 2 nitrogen and oxygen atoms in total. The fourth-order valence-corrected chi connectivity index (χ4v) is 3.18. The summed E-state index contributed by atoms with van der Waals surface area (Å²) in [5, 5.41) is 0. The van der Waals surface area contributed by atoms with Crippen molar-refractivity contribution in [2.45, 2.75) is 51.9 Å². The lowest BCUT2D eigenvalue weighted by Gasteiger charge is -2.50. The van der Waals surface area contributed by atoms with Crippen LogP contribution in [0.5, 0.6) is 0 Å². The van der Waals surface area contributed by atoms with Gasteiger partial charge in [-0.05, 0) is 38.5 Å². The normalized spacial score (nSPS) is 40.9. The fraction of sp³-hybridized carbons (Fsp3) is 0.833. The van der Waals surface area contributed by atoms with Crippen LogP contribution in [0.4, 0.5) is 0 Å². The Kier molecular flexibility index (Phi) is 2.24. The second-order valence-electron chi connectivity index (χ2n) is 5.04. The Hall–Kier alpha value is -0.660. The van der Waals surface area contributed by atoms with Crippen molar-refractivity contribution in [1.82, 2.24) is 0 Å². The zero-order chi connectivity index (χ0) is 10.2. The smallest absolute Gasteiger partial charge is 0.138 e. The van der Waals surface area contributed by atoms with Crippen molar-refractivity contribution in [2.75, 3.05) is 0 Å². The quantitative estimate of drug-likeness (QED) is 0.647. The van der Waals surface area contributed by atoms with E-state index in [4.69, 9.17) is 0 Å². The Morgan fingerprint density at radius 3 is 2.00 bits per heavy atom. The maximum Gasteiger partial charge on any atom is 0.138 e. The zero-order valence-electron chi connectivity index (χ0n) is 8.84. The summed E-state index contributed by atoms with van der Waals surface area (Å²) in [6.45, 7) is 1.95. The first-order chi connectivity index (χ1) is 6.66. The number of aldehydes is 1. The van der Waals surface area contributed by atoms with Crippen LogP contribution in [0.25, 0.3) is 0 Å². The third-order valence-electron chi connectivity index (χ3n) is 4.47. The molecule has 0 N–H and O–H groups in total. The van der Waals surface area contributed by atoms with Crippen LogP contribution in [0.2, 0.25) is 0 Å². The number of carbonyl (C=O) groups is 2. The van der Waals surface area contributed by atoms with Crippen molar-refractivity contribution >= 4 is 12.1 Å². The largest absolute Gasteiger partial charge is 0.303 e. The van der Waals surface area contributed by atoms with E-state index in [9.17, 15) is 9.59 Å². The molecule has 3 aliphatic rings. The van der Waals surface area contributed by atoms with Gasteiger partial charge in [-0.3, -0.25) is 4.79 Å². The molecule has 3 rings (SSSR count). The standard InChI is InChI=1S/C12H18O2/c1-2-10(14)12-6-3-11(9-13,4-7-12)5-8-12/h9H,2-8H2,1H3. The number of carbonyl (C=O) groups excluding carboxylic acids is 2. The molecule has 0 unspecified atom stereocenters. The van der Waals surface area contributed by atoms with E-state index in [0.717, 1.165) is 44.8 Å². The van der Waals surface area contributed by atoms with Gasteiger partial charge in [0.2, 0.25) is 0 Å². The number of fused-ring (bicyclic) bond motifs is 3. The predicted molar refractivity (Wildman–Crippen MR) is 53.9 cm³/mol. The minimum absolute atomic E-state index is 0.0283. The van der Waals surface area contributed by atoms with E-state index in [1.54, 1.807) is 0 Å². The highest BCUT2D eigenvalue weighted by Gasteiger charge is 2.51. The van der Waals surface area contributed by atoms with Gasteiger partial charge in [-0.25, -0.2) is 0 Å². The summed E-state index contributed by atoms with van der Waals surface area (Å²) in [5.74, 6) is 0.427. The van der Waals surface area contributed by atoms with Gasteiger partial charge in [0.15, 0.2) is 0 Å². The minimum atomic E-state index is -0.0459. The monoisotopic (exact) mass is 194 g/mol. The molecule has 0 radical (unpaired) electrons. The Morgan fingerprint density at radius 1 is 1.14 bits per heavy atom. The Balaban J connectivity index is 2.16. The summed E-state index contributed by atoms with van der Waals surface area (Å²) in [4.78, 5) is 22.8. The van der Waals surface area contributed by atoms with Crippen LogP contribution in [-0.2, 0) is 9.59 Å². The second-order valence-corrected chi connectivity index (χ2v) is 5.04. The molecular formula is C12H18O2. The molecule has 0 aromatic carbocycles. The Bertz CT molecular complexity index is 243. The summed E-state index contributed by atoms with van der Waals surface area (Å²) in [6, 6.07) is 0.